The number of fused-ring (bicyclic) bond motifs is 1. The van der Waals surface area contributed by atoms with Gasteiger partial charge in [0.05, 0.1) is 31.9 Å². The Morgan fingerprint density at radius 2 is 2.05 bits per heavy atom. The largest absolute Gasteiger partial charge is 0.454 e. The molecule has 3 heterocycles. The van der Waals surface area contributed by atoms with Gasteiger partial charge in [0.25, 0.3) is 0 Å². The van der Waals surface area contributed by atoms with Crippen molar-refractivity contribution in [3.05, 3.63) is 70.2 Å². The maximum absolute atomic E-state index is 14.8. The fraction of sp³-hybridized carbons (Fsp3) is 0.320. The third-order valence-electron chi connectivity index (χ3n) is 6.03. The van der Waals surface area contributed by atoms with Crippen LogP contribution < -0.4 is 19.7 Å². The molecule has 0 unspecified atom stereocenters. The van der Waals surface area contributed by atoms with Crippen LogP contribution in [0.3, 0.4) is 0 Å². The van der Waals surface area contributed by atoms with Crippen LogP contribution in [0.5, 0.6) is 17.5 Å². The van der Waals surface area contributed by atoms with Gasteiger partial charge in [0.2, 0.25) is 5.91 Å². The van der Waals surface area contributed by atoms with Crippen molar-refractivity contribution in [2.75, 3.05) is 24.6 Å². The Kier molecular flexibility index (Phi) is 7.27. The molecule has 0 spiro atoms. The molecule has 0 bridgehead atoms. The number of ether oxygens (including phenoxy) is 4. The van der Waals surface area contributed by atoms with E-state index in [1.54, 1.807) is 34.9 Å². The summed E-state index contributed by atoms with van der Waals surface area (Å²) in [4.78, 5) is 38.7. The number of rotatable bonds is 9. The third kappa shape index (κ3) is 6.06. The lowest BCUT2D eigenvalue weighted by molar-refractivity contribution is -0.389. The van der Waals surface area contributed by atoms with Gasteiger partial charge in [-0.1, -0.05) is 12.1 Å². The van der Waals surface area contributed by atoms with Gasteiger partial charge in [-0.25, -0.2) is 9.18 Å². The average molecular weight is 541 g/mol. The number of benzene rings is 2. The summed E-state index contributed by atoms with van der Waals surface area (Å²) in [5.74, 6) is -0.791. The normalized spacial score (nSPS) is 18.2. The van der Waals surface area contributed by atoms with E-state index >= 15 is 0 Å². The van der Waals surface area contributed by atoms with Crippen molar-refractivity contribution in [1.29, 1.82) is 0 Å². The van der Waals surface area contributed by atoms with Crippen LogP contribution >= 0.6 is 0 Å². The van der Waals surface area contributed by atoms with E-state index in [4.69, 9.17) is 18.9 Å². The van der Waals surface area contributed by atoms with Gasteiger partial charge in [0, 0.05) is 18.0 Å². The molecular formula is C25H24FN5O8. The summed E-state index contributed by atoms with van der Waals surface area (Å²) < 4.78 is 38.5. The van der Waals surface area contributed by atoms with Gasteiger partial charge in [-0.3, -0.25) is 14.3 Å². The number of imidazole rings is 1. The highest BCUT2D eigenvalue weighted by molar-refractivity contribution is 5.90. The molecule has 2 amide bonds. The molecule has 204 valence electrons. The quantitative estimate of drug-likeness (QED) is 0.319. The predicted molar refractivity (Wildman–Crippen MR) is 132 cm³/mol. The van der Waals surface area contributed by atoms with Crippen LogP contribution in [0.2, 0.25) is 0 Å². The van der Waals surface area contributed by atoms with Gasteiger partial charge < -0.3 is 34.4 Å². The van der Waals surface area contributed by atoms with Crippen LogP contribution in [0.25, 0.3) is 0 Å². The Morgan fingerprint density at radius 3 is 2.77 bits per heavy atom. The molecule has 3 aromatic rings. The fourth-order valence-corrected chi connectivity index (χ4v) is 4.09. The first-order chi connectivity index (χ1) is 18.7. The lowest BCUT2D eigenvalue weighted by Gasteiger charge is -2.22. The topological polar surface area (TPSA) is 147 Å². The lowest BCUT2D eigenvalue weighted by atomic mass is 10.2. The Balaban J connectivity index is 1.14. The van der Waals surface area contributed by atoms with E-state index in [1.165, 1.54) is 30.2 Å². The van der Waals surface area contributed by atoms with Gasteiger partial charge in [0.1, 0.15) is 30.8 Å². The van der Waals surface area contributed by atoms with Crippen molar-refractivity contribution in [3.8, 4) is 17.5 Å². The minimum Gasteiger partial charge on any atom is -0.454 e. The summed E-state index contributed by atoms with van der Waals surface area (Å²) in [5, 5.41) is 13.5. The number of halogens is 1. The second-order valence-electron chi connectivity index (χ2n) is 8.95. The average Bonchev–Trinajstić information content (AvgIpc) is 3.51. The van der Waals surface area contributed by atoms with Crippen LogP contribution in [0.1, 0.15) is 12.5 Å². The van der Waals surface area contributed by atoms with Crippen LogP contribution in [0.15, 0.2) is 48.7 Å². The number of nitrogens with zero attached hydrogens (tertiary/aromatic N) is 4. The maximum Gasteiger partial charge on any atom is 0.414 e. The first-order valence-corrected chi connectivity index (χ1v) is 12.0. The molecule has 0 aliphatic carbocycles. The van der Waals surface area contributed by atoms with E-state index in [-0.39, 0.29) is 55.9 Å². The summed E-state index contributed by atoms with van der Waals surface area (Å²) >= 11 is 0. The first-order valence-electron chi connectivity index (χ1n) is 12.0. The number of hydrogen-bond acceptors (Lipinski definition) is 9. The molecule has 0 saturated carbocycles. The van der Waals surface area contributed by atoms with Crippen LogP contribution in [0, 0.1) is 15.9 Å². The molecule has 13 nitrogen and oxygen atoms in total. The van der Waals surface area contributed by atoms with Crippen molar-refractivity contribution in [1.82, 2.24) is 14.9 Å². The summed E-state index contributed by atoms with van der Waals surface area (Å²) in [6, 6.07) is 11.2. The summed E-state index contributed by atoms with van der Waals surface area (Å²) in [6.45, 7) is 2.57. The van der Waals surface area contributed by atoms with E-state index in [0.29, 0.717) is 18.0 Å². The molecule has 14 heteroatoms. The summed E-state index contributed by atoms with van der Waals surface area (Å²) in [5.41, 5.74) is 1.15. The molecule has 1 fully saturated rings. The van der Waals surface area contributed by atoms with Crippen LogP contribution in [-0.4, -0.2) is 58.4 Å². The molecule has 2 aliphatic heterocycles. The zero-order chi connectivity index (χ0) is 27.5. The number of carbonyl (C=O) groups excluding carboxylic acids is 2. The number of carbonyl (C=O) groups is 2. The number of aromatic nitrogens is 2. The molecule has 1 aromatic heterocycles. The Bertz CT molecular complexity index is 1400. The smallest absolute Gasteiger partial charge is 0.414 e. The number of cyclic esters (lactones) is 1. The number of nitro groups is 1. The maximum atomic E-state index is 14.8. The summed E-state index contributed by atoms with van der Waals surface area (Å²) in [6.07, 6.45) is -0.158. The lowest BCUT2D eigenvalue weighted by Crippen LogP contribution is -2.33. The van der Waals surface area contributed by atoms with Gasteiger partial charge >= 0.3 is 17.9 Å². The van der Waals surface area contributed by atoms with Crippen molar-refractivity contribution in [2.45, 2.75) is 32.3 Å². The SMILES string of the molecule is CC(=O)NC[C@H]1CN(c2ccc(Oc3ccc(CO[C@@H]4COc5nc([N+](=O)[O-])cn5C4)cc3)c(F)c2)C(=O)O1. The monoisotopic (exact) mass is 541 g/mol. The molecule has 2 aromatic carbocycles. The Hall–Kier alpha value is -4.72. The molecule has 0 radical (unpaired) electrons. The number of anilines is 1. The van der Waals surface area contributed by atoms with Gasteiger partial charge in [-0.2, -0.15) is 0 Å². The number of amides is 2. The molecule has 1 saturated heterocycles. The van der Waals surface area contributed by atoms with Gasteiger partial charge in [-0.15, -0.1) is 0 Å². The van der Waals surface area contributed by atoms with Gasteiger partial charge in [0.15, 0.2) is 11.6 Å². The zero-order valence-corrected chi connectivity index (χ0v) is 20.7. The minimum absolute atomic E-state index is 0.0188. The predicted octanol–water partition coefficient (Wildman–Crippen LogP) is 3.16. The second kappa shape index (κ2) is 10.9. The fourth-order valence-electron chi connectivity index (χ4n) is 4.09. The van der Waals surface area contributed by atoms with Crippen molar-refractivity contribution < 1.29 is 37.9 Å². The van der Waals surface area contributed by atoms with Crippen LogP contribution in [-0.2, 0) is 27.4 Å². The van der Waals surface area contributed by atoms with E-state index < -0.39 is 22.9 Å². The zero-order valence-electron chi connectivity index (χ0n) is 20.7. The first kappa shape index (κ1) is 25.9. The minimum atomic E-state index is -0.658. The molecule has 1 N–H and O–H groups in total. The van der Waals surface area contributed by atoms with E-state index in [0.717, 1.165) is 5.56 Å². The third-order valence-corrected chi connectivity index (χ3v) is 6.03. The molecule has 5 rings (SSSR count). The van der Waals surface area contributed by atoms with E-state index in [1.807, 2.05) is 0 Å². The molecule has 39 heavy (non-hydrogen) atoms. The molecule has 2 aliphatic rings. The second-order valence-corrected chi connectivity index (χ2v) is 8.95. The van der Waals surface area contributed by atoms with Gasteiger partial charge in [-0.05, 0) is 34.8 Å². The highest BCUT2D eigenvalue weighted by atomic mass is 19.1. The molecule has 2 atom stereocenters. The number of nitrogens with one attached hydrogen (secondary N) is 1. The van der Waals surface area contributed by atoms with Crippen molar-refractivity contribution >= 4 is 23.5 Å². The van der Waals surface area contributed by atoms with Crippen LogP contribution in [0.4, 0.5) is 20.7 Å². The number of hydrogen-bond donors (Lipinski definition) is 1. The van der Waals surface area contributed by atoms with Crippen molar-refractivity contribution in [3.63, 3.8) is 0 Å². The van der Waals surface area contributed by atoms with Crippen molar-refractivity contribution in [2.24, 2.45) is 0 Å². The highest BCUT2D eigenvalue weighted by Gasteiger charge is 2.33. The molecular weight excluding hydrogens is 517 g/mol. The summed E-state index contributed by atoms with van der Waals surface area (Å²) in [7, 11) is 0. The highest BCUT2D eigenvalue weighted by Crippen LogP contribution is 2.30. The standard InChI is InChI=1S/C25H24FN5O8/c1-15(32)27-9-19-11-30(25(33)39-19)17-4-7-22(21(26)8-17)38-18-5-2-16(3-6-18)13-36-20-10-29-12-23(31(34)35)28-24(29)37-14-20/h2-8,12,19-20H,9-11,13-14H2,1H3,(H,27,32)/t19-,20-/m0/s1. The Morgan fingerprint density at radius 1 is 1.26 bits per heavy atom. The Labute approximate surface area is 221 Å². The van der Waals surface area contributed by atoms with E-state index in [9.17, 15) is 24.1 Å². The van der Waals surface area contributed by atoms with E-state index in [2.05, 4.69) is 10.3 Å².